The van der Waals surface area contributed by atoms with Crippen molar-refractivity contribution in [3.63, 3.8) is 0 Å². The summed E-state index contributed by atoms with van der Waals surface area (Å²) in [6, 6.07) is 0. The van der Waals surface area contributed by atoms with E-state index in [0.29, 0.717) is 19.3 Å². The van der Waals surface area contributed by atoms with Crippen LogP contribution in [0.5, 0.6) is 0 Å². The van der Waals surface area contributed by atoms with Crippen LogP contribution in [0, 0.1) is 5.92 Å². The van der Waals surface area contributed by atoms with Gasteiger partial charge in [-0.15, -0.1) is 0 Å². The molecule has 11 nitrogen and oxygen atoms in total. The zero-order valence-corrected chi connectivity index (χ0v) is 34.6. The number of hydrogen-bond donors (Lipinski definition) is 4. The summed E-state index contributed by atoms with van der Waals surface area (Å²) in [7, 11) is -4.63. The molecule has 0 fully saturated rings. The summed E-state index contributed by atoms with van der Waals surface area (Å²) >= 11 is 0. The van der Waals surface area contributed by atoms with E-state index in [-0.39, 0.29) is 25.6 Å². The molecule has 0 aliphatic rings. The third-order valence-electron chi connectivity index (χ3n) is 8.58. The fourth-order valence-corrected chi connectivity index (χ4v) is 6.00. The van der Waals surface area contributed by atoms with E-state index in [1.54, 1.807) is 0 Å². The fraction of sp³-hybridized carbons (Fsp3) is 0.762. The number of hydrogen-bond acceptors (Lipinski definition) is 10. The lowest BCUT2D eigenvalue weighted by Gasteiger charge is -2.20. The van der Waals surface area contributed by atoms with E-state index in [0.717, 1.165) is 63.7 Å². The molecule has 314 valence electrons. The van der Waals surface area contributed by atoms with Gasteiger partial charge in [0, 0.05) is 12.8 Å². The molecule has 0 aromatic carbocycles. The highest BCUT2D eigenvalue weighted by Gasteiger charge is 2.27. The summed E-state index contributed by atoms with van der Waals surface area (Å²) in [6.07, 6.45) is 33.2. The first-order valence-electron chi connectivity index (χ1n) is 20.5. The molecule has 0 saturated heterocycles. The Bertz CT molecular complexity index is 1070. The van der Waals surface area contributed by atoms with Crippen molar-refractivity contribution >= 4 is 19.8 Å². The molecule has 54 heavy (non-hydrogen) atoms. The lowest BCUT2D eigenvalue weighted by molar-refractivity contribution is -0.161. The molecular formula is C42H75O11P. The van der Waals surface area contributed by atoms with E-state index in [2.05, 4.69) is 54.8 Å². The second-order valence-electron chi connectivity index (χ2n) is 14.3. The minimum Gasteiger partial charge on any atom is -0.462 e. The Balaban J connectivity index is 4.43. The SMILES string of the molecule is CC[C@H](O)CC/C=C\C/C=C\C/C=C\C/C=C\CCCC(=O)OC[C@H](COP(=O)(O)OC[C@@H](O)CO)OC(=O)CCCCCCCCCCCCC(C)C. The Morgan fingerprint density at radius 3 is 1.67 bits per heavy atom. The highest BCUT2D eigenvalue weighted by molar-refractivity contribution is 7.47. The van der Waals surface area contributed by atoms with Gasteiger partial charge in [-0.05, 0) is 63.7 Å². The maximum Gasteiger partial charge on any atom is 0.472 e. The van der Waals surface area contributed by atoms with Crippen LogP contribution in [0.25, 0.3) is 0 Å². The van der Waals surface area contributed by atoms with Crippen LogP contribution in [0.3, 0.4) is 0 Å². The van der Waals surface area contributed by atoms with Gasteiger partial charge in [0.25, 0.3) is 0 Å². The predicted octanol–water partition coefficient (Wildman–Crippen LogP) is 9.38. The van der Waals surface area contributed by atoms with Gasteiger partial charge in [0.2, 0.25) is 0 Å². The second kappa shape index (κ2) is 36.5. The number of carbonyl (C=O) groups excluding carboxylic acids is 2. The van der Waals surface area contributed by atoms with Crippen LogP contribution in [0.1, 0.15) is 156 Å². The molecule has 0 saturated carbocycles. The number of ether oxygens (including phenoxy) is 2. The van der Waals surface area contributed by atoms with Crippen molar-refractivity contribution in [1.82, 2.24) is 0 Å². The Kier molecular flexibility index (Phi) is 35.1. The van der Waals surface area contributed by atoms with Gasteiger partial charge in [-0.25, -0.2) is 4.57 Å². The van der Waals surface area contributed by atoms with Crippen molar-refractivity contribution in [2.45, 2.75) is 174 Å². The number of aliphatic hydroxyl groups excluding tert-OH is 3. The number of carbonyl (C=O) groups is 2. The summed E-state index contributed by atoms with van der Waals surface area (Å²) in [5, 5.41) is 27.8. The average Bonchev–Trinajstić information content (AvgIpc) is 3.14. The van der Waals surface area contributed by atoms with Crippen LogP contribution < -0.4 is 0 Å². The van der Waals surface area contributed by atoms with Gasteiger partial charge < -0.3 is 29.7 Å². The van der Waals surface area contributed by atoms with Crippen LogP contribution >= 0.6 is 7.82 Å². The number of esters is 2. The normalized spacial score (nSPS) is 15.1. The van der Waals surface area contributed by atoms with Crippen LogP contribution in [-0.4, -0.2) is 76.9 Å². The largest absolute Gasteiger partial charge is 0.472 e. The minimum atomic E-state index is -4.63. The van der Waals surface area contributed by atoms with Crippen molar-refractivity contribution in [3.8, 4) is 0 Å². The second-order valence-corrected chi connectivity index (χ2v) is 15.7. The molecule has 0 heterocycles. The predicted molar refractivity (Wildman–Crippen MR) is 216 cm³/mol. The summed E-state index contributed by atoms with van der Waals surface area (Å²) in [4.78, 5) is 34.9. The molecule has 4 N–H and O–H groups in total. The molecule has 0 aliphatic carbocycles. The summed E-state index contributed by atoms with van der Waals surface area (Å²) in [5.41, 5.74) is 0. The smallest absolute Gasteiger partial charge is 0.462 e. The number of phosphoric ester groups is 1. The third-order valence-corrected chi connectivity index (χ3v) is 9.53. The molecular weight excluding hydrogens is 711 g/mol. The maximum atomic E-state index is 12.6. The van der Waals surface area contributed by atoms with E-state index < -0.39 is 51.8 Å². The molecule has 4 atom stereocenters. The number of phosphoric acid groups is 1. The first-order valence-corrected chi connectivity index (χ1v) is 22.0. The first-order chi connectivity index (χ1) is 26.0. The quantitative estimate of drug-likeness (QED) is 0.0205. The standard InChI is InChI=1S/C42H75O11P/c1-4-38(44)30-26-22-18-14-9-7-5-6-8-10-15-19-23-27-31-41(46)50-35-40(36-52-54(48,49)51-34-39(45)33-43)53-42(47)32-28-24-20-16-12-11-13-17-21-25-29-37(2)3/h6-9,15,18-19,22,37-40,43-45H,4-5,10-14,16-17,20-21,23-36H2,1-3H3,(H,48,49)/b8-6-,9-7-,19-15-,22-18-/t38-,39-,40+/m0/s1. The molecule has 0 rings (SSSR count). The molecule has 0 bridgehead atoms. The maximum absolute atomic E-state index is 12.6. The molecule has 0 aliphatic heterocycles. The summed E-state index contributed by atoms with van der Waals surface area (Å²) in [5.74, 6) is -0.233. The Labute approximate surface area is 326 Å². The van der Waals surface area contributed by atoms with Gasteiger partial charge in [-0.3, -0.25) is 18.6 Å². The summed E-state index contributed by atoms with van der Waals surface area (Å²) < 4.78 is 32.6. The lowest BCUT2D eigenvalue weighted by atomic mass is 10.0. The van der Waals surface area contributed by atoms with Gasteiger partial charge in [0.1, 0.15) is 12.7 Å². The Morgan fingerprint density at radius 1 is 0.611 bits per heavy atom. The van der Waals surface area contributed by atoms with Crippen molar-refractivity contribution in [3.05, 3.63) is 48.6 Å². The number of aliphatic hydroxyl groups is 3. The molecule has 0 spiro atoms. The lowest BCUT2D eigenvalue weighted by Crippen LogP contribution is -2.29. The Morgan fingerprint density at radius 2 is 1.11 bits per heavy atom. The van der Waals surface area contributed by atoms with E-state index in [1.165, 1.54) is 44.9 Å². The molecule has 12 heteroatoms. The van der Waals surface area contributed by atoms with Crippen LogP contribution in [0.2, 0.25) is 0 Å². The molecule has 0 radical (unpaired) electrons. The molecule has 0 amide bonds. The summed E-state index contributed by atoms with van der Waals surface area (Å²) in [6.45, 7) is 4.31. The zero-order chi connectivity index (χ0) is 40.1. The van der Waals surface area contributed by atoms with Crippen molar-refractivity contribution in [1.29, 1.82) is 0 Å². The zero-order valence-electron chi connectivity index (χ0n) is 33.7. The van der Waals surface area contributed by atoms with Gasteiger partial charge in [0.15, 0.2) is 6.10 Å². The monoisotopic (exact) mass is 787 g/mol. The highest BCUT2D eigenvalue weighted by atomic mass is 31.2. The topological polar surface area (TPSA) is 169 Å². The van der Waals surface area contributed by atoms with Crippen LogP contribution in [-0.2, 0) is 32.7 Å². The highest BCUT2D eigenvalue weighted by Crippen LogP contribution is 2.43. The van der Waals surface area contributed by atoms with Gasteiger partial charge >= 0.3 is 19.8 Å². The van der Waals surface area contributed by atoms with Crippen molar-refractivity contribution < 1.29 is 52.9 Å². The number of allylic oxidation sites excluding steroid dienone is 8. The minimum absolute atomic E-state index is 0.152. The first kappa shape index (κ1) is 51.9. The number of unbranched alkanes of at least 4 members (excludes halogenated alkanes) is 10. The van der Waals surface area contributed by atoms with E-state index >= 15 is 0 Å². The van der Waals surface area contributed by atoms with E-state index in [9.17, 15) is 29.3 Å². The number of rotatable bonds is 37. The van der Waals surface area contributed by atoms with Crippen molar-refractivity contribution in [2.75, 3.05) is 26.4 Å². The molecule has 1 unspecified atom stereocenters. The van der Waals surface area contributed by atoms with Gasteiger partial charge in [0.05, 0.1) is 25.9 Å². The van der Waals surface area contributed by atoms with Gasteiger partial charge in [-0.1, -0.05) is 134 Å². The van der Waals surface area contributed by atoms with E-state index in [1.807, 2.05) is 19.1 Å². The van der Waals surface area contributed by atoms with Crippen LogP contribution in [0.15, 0.2) is 48.6 Å². The van der Waals surface area contributed by atoms with Crippen LogP contribution in [0.4, 0.5) is 0 Å². The van der Waals surface area contributed by atoms with Gasteiger partial charge in [-0.2, -0.15) is 0 Å². The average molecular weight is 787 g/mol. The Hall–Kier alpha value is -2.11. The fourth-order valence-electron chi connectivity index (χ4n) is 5.21. The molecule has 0 aromatic heterocycles. The van der Waals surface area contributed by atoms with E-state index in [4.69, 9.17) is 19.1 Å². The van der Waals surface area contributed by atoms with Crippen molar-refractivity contribution in [2.24, 2.45) is 5.92 Å². The molecule has 0 aromatic rings. The third kappa shape index (κ3) is 36.8.